The third-order valence-electron chi connectivity index (χ3n) is 6.76. The average Bonchev–Trinajstić information content (AvgIpc) is 2.61. The van der Waals surface area contributed by atoms with Crippen LogP contribution in [0.1, 0.15) is 52.0 Å². The number of carbonyl (C=O) groups is 2. The quantitative estimate of drug-likeness (QED) is 0.722. The second kappa shape index (κ2) is 5.90. The summed E-state index contributed by atoms with van der Waals surface area (Å²) in [7, 11) is 0. The van der Waals surface area contributed by atoms with Crippen LogP contribution in [0.25, 0.3) is 16.3 Å². The van der Waals surface area contributed by atoms with Crippen molar-refractivity contribution < 1.29 is 9.59 Å². The van der Waals surface area contributed by atoms with Crippen LogP contribution in [0.5, 0.6) is 0 Å². The van der Waals surface area contributed by atoms with Gasteiger partial charge >= 0.3 is 0 Å². The molecule has 2 heteroatoms. The fourth-order valence-corrected chi connectivity index (χ4v) is 5.18. The smallest absolute Gasteiger partial charge is 0.143 e. The van der Waals surface area contributed by atoms with Gasteiger partial charge in [-0.2, -0.15) is 0 Å². The number of carbonyl (C=O) groups excluding carboxylic acids is 2. The number of allylic oxidation sites excluding steroid dienone is 2. The molecule has 26 heavy (non-hydrogen) atoms. The zero-order valence-electron chi connectivity index (χ0n) is 15.8. The van der Waals surface area contributed by atoms with Crippen molar-refractivity contribution in [3.05, 3.63) is 54.1 Å². The minimum atomic E-state index is -0.454. The Bertz CT molecular complexity index is 933. The van der Waals surface area contributed by atoms with Gasteiger partial charge in [0.2, 0.25) is 0 Å². The second-order valence-corrected chi connectivity index (χ2v) is 8.71. The summed E-state index contributed by atoms with van der Waals surface area (Å²) >= 11 is 0. The van der Waals surface area contributed by atoms with Crippen molar-refractivity contribution in [3.8, 4) is 0 Å². The summed E-state index contributed by atoms with van der Waals surface area (Å²) in [5.41, 5.74) is 1.96. The number of hydrogen-bond acceptors (Lipinski definition) is 2. The van der Waals surface area contributed by atoms with E-state index >= 15 is 0 Å². The molecule has 0 saturated heterocycles. The number of fused-ring (bicyclic) bond motifs is 3. The summed E-state index contributed by atoms with van der Waals surface area (Å²) in [6.45, 7) is 6.04. The molecule has 2 aromatic rings. The minimum Gasteiger partial charge on any atom is -0.300 e. The van der Waals surface area contributed by atoms with Crippen molar-refractivity contribution in [2.24, 2.45) is 16.7 Å². The Morgan fingerprint density at radius 2 is 1.85 bits per heavy atom. The zero-order valence-corrected chi connectivity index (χ0v) is 15.8. The number of Topliss-reactive ketones (excluding diaryl/α,β-unsaturated/α-hetero) is 2. The lowest BCUT2D eigenvalue weighted by Crippen LogP contribution is -2.49. The third kappa shape index (κ3) is 2.55. The number of ketones is 2. The zero-order chi connectivity index (χ0) is 18.5. The second-order valence-electron chi connectivity index (χ2n) is 8.71. The normalized spacial score (nSPS) is 30.5. The highest BCUT2D eigenvalue weighted by molar-refractivity contribution is 6.05. The van der Waals surface area contributed by atoms with Gasteiger partial charge in [0, 0.05) is 12.8 Å². The molecular formula is C24H26O2. The maximum Gasteiger partial charge on any atom is 0.143 e. The molecule has 2 bridgehead atoms. The maximum absolute atomic E-state index is 13.0. The van der Waals surface area contributed by atoms with E-state index in [1.165, 1.54) is 21.9 Å². The fraction of sp³-hybridized carbons (Fsp3) is 0.417. The summed E-state index contributed by atoms with van der Waals surface area (Å²) in [6, 6.07) is 14.8. The van der Waals surface area contributed by atoms with E-state index in [1.54, 1.807) is 6.92 Å². The Labute approximate surface area is 155 Å². The van der Waals surface area contributed by atoms with Gasteiger partial charge in [0.1, 0.15) is 11.6 Å². The van der Waals surface area contributed by atoms with Gasteiger partial charge in [0.15, 0.2) is 0 Å². The summed E-state index contributed by atoms with van der Waals surface area (Å²) in [5, 5.41) is 2.43. The minimum absolute atomic E-state index is 0.0302. The summed E-state index contributed by atoms with van der Waals surface area (Å²) < 4.78 is 0. The molecule has 0 radical (unpaired) electrons. The first-order chi connectivity index (χ1) is 12.3. The Morgan fingerprint density at radius 3 is 2.62 bits per heavy atom. The highest BCUT2D eigenvalue weighted by Gasteiger charge is 2.55. The molecule has 2 aromatic carbocycles. The van der Waals surface area contributed by atoms with Crippen LogP contribution >= 0.6 is 0 Å². The SMILES string of the molecule is CC(=O)CCC1(C)C[C@@]2(C)C(=O)C[C@@H]1C=C2c1cccc2ccccc12. The first kappa shape index (κ1) is 17.2. The van der Waals surface area contributed by atoms with Gasteiger partial charge in [-0.1, -0.05) is 55.5 Å². The van der Waals surface area contributed by atoms with E-state index < -0.39 is 5.41 Å². The predicted molar refractivity (Wildman–Crippen MR) is 106 cm³/mol. The van der Waals surface area contributed by atoms with Crippen molar-refractivity contribution in [3.63, 3.8) is 0 Å². The highest BCUT2D eigenvalue weighted by atomic mass is 16.1. The number of hydrogen-bond donors (Lipinski definition) is 0. The van der Waals surface area contributed by atoms with Crippen molar-refractivity contribution >= 4 is 27.9 Å². The first-order valence-electron chi connectivity index (χ1n) is 9.57. The number of benzene rings is 2. The molecule has 1 unspecified atom stereocenters. The lowest BCUT2D eigenvalue weighted by atomic mass is 9.49. The van der Waals surface area contributed by atoms with E-state index in [0.29, 0.717) is 18.6 Å². The predicted octanol–water partition coefficient (Wildman–Crippen LogP) is 5.60. The van der Waals surface area contributed by atoms with Gasteiger partial charge < -0.3 is 4.79 Å². The molecule has 3 aliphatic carbocycles. The molecule has 1 fully saturated rings. The van der Waals surface area contributed by atoms with Crippen LogP contribution < -0.4 is 0 Å². The fourth-order valence-electron chi connectivity index (χ4n) is 5.18. The third-order valence-corrected chi connectivity index (χ3v) is 6.76. The van der Waals surface area contributed by atoms with Crippen molar-refractivity contribution in [1.29, 1.82) is 0 Å². The molecule has 0 aliphatic heterocycles. The standard InChI is InChI=1S/C24H26O2/c1-16(25)11-12-23(2)15-24(3)21(13-18(23)14-22(24)26)20-10-6-8-17-7-4-5-9-19(17)20/h4-10,13,18H,11-12,14-15H2,1-3H3/t18-,23?,24+/m0/s1. The molecule has 5 rings (SSSR count). The lowest BCUT2D eigenvalue weighted by Gasteiger charge is -2.53. The first-order valence-corrected chi connectivity index (χ1v) is 9.57. The molecule has 2 nitrogen and oxygen atoms in total. The van der Waals surface area contributed by atoms with Crippen LogP contribution in [0, 0.1) is 16.7 Å². The maximum atomic E-state index is 13.0. The van der Waals surface area contributed by atoms with Crippen LogP contribution in [-0.2, 0) is 9.59 Å². The van der Waals surface area contributed by atoms with Crippen LogP contribution in [0.4, 0.5) is 0 Å². The Kier molecular flexibility index (Phi) is 3.91. The average molecular weight is 346 g/mol. The van der Waals surface area contributed by atoms with E-state index in [-0.39, 0.29) is 17.1 Å². The Morgan fingerprint density at radius 1 is 1.12 bits per heavy atom. The van der Waals surface area contributed by atoms with Crippen molar-refractivity contribution in [1.82, 2.24) is 0 Å². The molecule has 0 spiro atoms. The molecular weight excluding hydrogens is 320 g/mol. The van der Waals surface area contributed by atoms with E-state index in [4.69, 9.17) is 0 Å². The van der Waals surface area contributed by atoms with Crippen LogP contribution in [0.2, 0.25) is 0 Å². The van der Waals surface area contributed by atoms with Crippen LogP contribution in [-0.4, -0.2) is 11.6 Å². The largest absolute Gasteiger partial charge is 0.300 e. The van der Waals surface area contributed by atoms with E-state index in [1.807, 2.05) is 0 Å². The summed E-state index contributed by atoms with van der Waals surface area (Å²) in [4.78, 5) is 24.5. The summed E-state index contributed by atoms with van der Waals surface area (Å²) in [5.74, 6) is 0.820. The van der Waals surface area contributed by atoms with Crippen molar-refractivity contribution in [2.45, 2.75) is 46.5 Å². The lowest BCUT2D eigenvalue weighted by molar-refractivity contribution is -0.134. The molecule has 0 amide bonds. The van der Waals surface area contributed by atoms with Crippen molar-refractivity contribution in [2.75, 3.05) is 0 Å². The highest BCUT2D eigenvalue weighted by Crippen LogP contribution is 2.61. The Balaban J connectivity index is 1.83. The molecule has 0 heterocycles. The molecule has 1 saturated carbocycles. The van der Waals surface area contributed by atoms with Gasteiger partial charge in [-0.25, -0.2) is 0 Å². The number of rotatable bonds is 4. The van der Waals surface area contributed by atoms with Crippen LogP contribution in [0.3, 0.4) is 0 Å². The summed E-state index contributed by atoms with van der Waals surface area (Å²) in [6.07, 6.45) is 5.28. The van der Waals surface area contributed by atoms with Gasteiger partial charge in [-0.3, -0.25) is 4.79 Å². The molecule has 0 N–H and O–H groups in total. The molecule has 3 aliphatic rings. The van der Waals surface area contributed by atoms with Gasteiger partial charge in [-0.15, -0.1) is 0 Å². The van der Waals surface area contributed by atoms with Crippen LogP contribution in [0.15, 0.2) is 48.5 Å². The van der Waals surface area contributed by atoms with Gasteiger partial charge in [-0.05, 0) is 59.9 Å². The van der Waals surface area contributed by atoms with E-state index in [9.17, 15) is 9.59 Å². The monoisotopic (exact) mass is 346 g/mol. The van der Waals surface area contributed by atoms with Gasteiger partial charge in [0.05, 0.1) is 5.41 Å². The topological polar surface area (TPSA) is 34.1 Å². The Hall–Kier alpha value is -2.22. The van der Waals surface area contributed by atoms with E-state index in [0.717, 1.165) is 12.8 Å². The van der Waals surface area contributed by atoms with E-state index in [2.05, 4.69) is 62.4 Å². The molecule has 0 aromatic heterocycles. The molecule has 134 valence electrons. The molecule has 3 atom stereocenters. The van der Waals surface area contributed by atoms with Gasteiger partial charge in [0.25, 0.3) is 0 Å².